The Labute approximate surface area is 160 Å². The number of nitrogens with one attached hydrogen (secondary N) is 1. The van der Waals surface area contributed by atoms with Gasteiger partial charge in [0.25, 0.3) is 5.91 Å². The van der Waals surface area contributed by atoms with E-state index in [-0.39, 0.29) is 17.5 Å². The quantitative estimate of drug-likeness (QED) is 0.437. The Morgan fingerprint density at radius 2 is 1.78 bits per heavy atom. The maximum Gasteiger partial charge on any atom is 0.257 e. The van der Waals surface area contributed by atoms with Crippen LogP contribution in [0.3, 0.4) is 0 Å². The molecule has 0 fully saturated rings. The monoisotopic (exact) mass is 369 g/mol. The first-order valence-corrected chi connectivity index (χ1v) is 9.19. The molecule has 2 unspecified atom stereocenters. The number of ketones is 2. The van der Waals surface area contributed by atoms with Gasteiger partial charge in [0.1, 0.15) is 5.41 Å². The van der Waals surface area contributed by atoms with Gasteiger partial charge in [-0.3, -0.25) is 19.6 Å². The minimum atomic E-state index is -1.63. The van der Waals surface area contributed by atoms with Crippen LogP contribution in [0.2, 0.25) is 0 Å². The fourth-order valence-electron chi connectivity index (χ4n) is 3.50. The van der Waals surface area contributed by atoms with Crippen LogP contribution in [0.4, 0.5) is 0 Å². The molecule has 144 valence electrons. The smallest absolute Gasteiger partial charge is 0.257 e. The van der Waals surface area contributed by atoms with Crippen molar-refractivity contribution in [3.63, 3.8) is 0 Å². The normalized spacial score (nSPS) is 19.8. The largest absolute Gasteiger partial charge is 0.298 e. The summed E-state index contributed by atoms with van der Waals surface area (Å²) in [6, 6.07) is 10.0. The molecule has 0 bridgehead atoms. The van der Waals surface area contributed by atoms with Gasteiger partial charge in [0.2, 0.25) is 0 Å². The average molecular weight is 369 g/mol. The molecular formula is C22H27NO4. The van der Waals surface area contributed by atoms with Crippen LogP contribution in [0.15, 0.2) is 54.1 Å². The highest BCUT2D eigenvalue weighted by atomic mass is 16.5. The topological polar surface area (TPSA) is 83.5 Å². The summed E-state index contributed by atoms with van der Waals surface area (Å²) in [5, 5.41) is 9.11. The highest BCUT2D eigenvalue weighted by Gasteiger charge is 2.49. The molecule has 27 heavy (non-hydrogen) atoms. The summed E-state index contributed by atoms with van der Waals surface area (Å²) in [4.78, 5) is 37.9. The number of benzene rings is 1. The molecule has 0 aromatic heterocycles. The fourth-order valence-corrected chi connectivity index (χ4v) is 3.50. The summed E-state index contributed by atoms with van der Waals surface area (Å²) in [7, 11) is 0. The first-order valence-electron chi connectivity index (χ1n) is 9.19. The summed E-state index contributed by atoms with van der Waals surface area (Å²) < 4.78 is 0. The zero-order chi connectivity index (χ0) is 20.2. The van der Waals surface area contributed by atoms with Crippen LogP contribution < -0.4 is 5.48 Å². The van der Waals surface area contributed by atoms with Crippen LogP contribution in [-0.4, -0.2) is 22.7 Å². The van der Waals surface area contributed by atoms with Gasteiger partial charge in [0.15, 0.2) is 11.6 Å². The van der Waals surface area contributed by atoms with Crippen molar-refractivity contribution in [3.8, 4) is 0 Å². The maximum atomic E-state index is 13.0. The van der Waals surface area contributed by atoms with Crippen molar-refractivity contribution >= 4 is 17.5 Å². The molecule has 1 aromatic rings. The highest BCUT2D eigenvalue weighted by Crippen LogP contribution is 2.36. The molecule has 5 heteroatoms. The van der Waals surface area contributed by atoms with Gasteiger partial charge in [-0.25, -0.2) is 5.48 Å². The van der Waals surface area contributed by atoms with Crippen LogP contribution in [-0.2, 0) is 14.4 Å². The summed E-state index contributed by atoms with van der Waals surface area (Å²) in [5.74, 6) is -2.66. The zero-order valence-corrected chi connectivity index (χ0v) is 16.2. The third kappa shape index (κ3) is 4.08. The molecular weight excluding hydrogens is 342 g/mol. The molecule has 1 aromatic carbocycles. The van der Waals surface area contributed by atoms with E-state index in [4.69, 9.17) is 5.21 Å². The van der Waals surface area contributed by atoms with E-state index in [1.54, 1.807) is 32.3 Å². The van der Waals surface area contributed by atoms with Gasteiger partial charge in [-0.2, -0.15) is 0 Å². The number of allylic oxidation sites excluding steroid dienone is 4. The van der Waals surface area contributed by atoms with Crippen LogP contribution in [0.5, 0.6) is 0 Å². The number of Topliss-reactive ketones (excluding diaryl/α,β-unsaturated/α-hetero) is 2. The lowest BCUT2D eigenvalue weighted by Crippen LogP contribution is -2.51. The van der Waals surface area contributed by atoms with Crippen LogP contribution in [0, 0.1) is 17.3 Å². The maximum absolute atomic E-state index is 13.0. The Morgan fingerprint density at radius 1 is 1.15 bits per heavy atom. The number of carbonyl (C=O) groups is 3. The molecule has 0 spiro atoms. The second kappa shape index (κ2) is 8.44. The van der Waals surface area contributed by atoms with Gasteiger partial charge >= 0.3 is 0 Å². The van der Waals surface area contributed by atoms with E-state index in [0.717, 1.165) is 0 Å². The first kappa shape index (κ1) is 20.8. The van der Waals surface area contributed by atoms with Gasteiger partial charge in [-0.1, -0.05) is 69.3 Å². The van der Waals surface area contributed by atoms with E-state index in [0.29, 0.717) is 12.0 Å². The van der Waals surface area contributed by atoms with Crippen LogP contribution in [0.25, 0.3) is 0 Å². The van der Waals surface area contributed by atoms with E-state index in [9.17, 15) is 14.4 Å². The zero-order valence-electron chi connectivity index (χ0n) is 16.2. The molecule has 2 rings (SSSR count). The molecule has 2 N–H and O–H groups in total. The molecule has 1 aliphatic rings. The Balaban J connectivity index is 2.23. The summed E-state index contributed by atoms with van der Waals surface area (Å²) >= 11 is 0. The minimum Gasteiger partial charge on any atom is -0.298 e. The lowest BCUT2D eigenvalue weighted by molar-refractivity contribution is -0.154. The lowest BCUT2D eigenvalue weighted by atomic mass is 9.68. The molecule has 0 heterocycles. The third-order valence-electron chi connectivity index (χ3n) is 5.48. The van der Waals surface area contributed by atoms with Crippen molar-refractivity contribution in [2.45, 2.75) is 40.0 Å². The second-order valence-corrected chi connectivity index (χ2v) is 7.52. The van der Waals surface area contributed by atoms with Crippen molar-refractivity contribution in [1.29, 1.82) is 0 Å². The molecule has 0 saturated carbocycles. The number of hydrogen-bond donors (Lipinski definition) is 2. The Kier molecular flexibility index (Phi) is 6.50. The van der Waals surface area contributed by atoms with E-state index in [1.165, 1.54) is 12.5 Å². The Hall–Kier alpha value is -2.53. The SMILES string of the molecule is CC(C)C(=O)C(C)(C(=O)NO)[C@@H](C)C(=O)C1=CCC(c2ccccc2)C=C1. The van der Waals surface area contributed by atoms with Gasteiger partial charge in [-0.15, -0.1) is 0 Å². The van der Waals surface area contributed by atoms with Crippen molar-refractivity contribution in [2.24, 2.45) is 17.3 Å². The van der Waals surface area contributed by atoms with Crippen molar-refractivity contribution in [3.05, 3.63) is 59.7 Å². The standard InChI is InChI=1S/C22H27NO4/c1-14(2)20(25)22(4,21(26)23-27)15(3)19(24)18-12-10-17(11-13-18)16-8-6-5-7-9-16/h5-10,12-15,17,27H,11H2,1-4H3,(H,23,26)/t15-,17?,22?/m0/s1. The second-order valence-electron chi connectivity index (χ2n) is 7.52. The van der Waals surface area contributed by atoms with Gasteiger partial charge in [0.05, 0.1) is 0 Å². The Morgan fingerprint density at radius 3 is 2.26 bits per heavy atom. The summed E-state index contributed by atoms with van der Waals surface area (Å²) in [6.07, 6.45) is 6.27. The Bertz CT molecular complexity index is 779. The van der Waals surface area contributed by atoms with Crippen LogP contribution >= 0.6 is 0 Å². The van der Waals surface area contributed by atoms with Gasteiger partial charge in [0, 0.05) is 23.3 Å². The average Bonchev–Trinajstić information content (AvgIpc) is 2.71. The number of rotatable bonds is 7. The minimum absolute atomic E-state index is 0.197. The van der Waals surface area contributed by atoms with Crippen LogP contribution in [0.1, 0.15) is 45.6 Å². The molecule has 5 nitrogen and oxygen atoms in total. The number of carbonyl (C=O) groups excluding carboxylic acids is 3. The molecule has 1 amide bonds. The fraction of sp³-hybridized carbons (Fsp3) is 0.409. The van der Waals surface area contributed by atoms with E-state index >= 15 is 0 Å². The molecule has 0 saturated heterocycles. The number of hydroxylamine groups is 1. The third-order valence-corrected chi connectivity index (χ3v) is 5.48. The van der Waals surface area contributed by atoms with Gasteiger partial charge in [-0.05, 0) is 18.9 Å². The number of amides is 1. The van der Waals surface area contributed by atoms with E-state index in [1.807, 2.05) is 42.5 Å². The number of hydrogen-bond acceptors (Lipinski definition) is 4. The van der Waals surface area contributed by atoms with E-state index < -0.39 is 23.2 Å². The van der Waals surface area contributed by atoms with Crippen molar-refractivity contribution < 1.29 is 19.6 Å². The predicted octanol–water partition coefficient (Wildman–Crippen LogP) is 3.60. The molecule has 1 aliphatic carbocycles. The van der Waals surface area contributed by atoms with Crippen molar-refractivity contribution in [1.82, 2.24) is 5.48 Å². The predicted molar refractivity (Wildman–Crippen MR) is 103 cm³/mol. The van der Waals surface area contributed by atoms with Gasteiger partial charge < -0.3 is 0 Å². The van der Waals surface area contributed by atoms with Crippen molar-refractivity contribution in [2.75, 3.05) is 0 Å². The molecule has 0 radical (unpaired) electrons. The summed E-state index contributed by atoms with van der Waals surface area (Å²) in [6.45, 7) is 6.33. The first-order chi connectivity index (χ1) is 12.7. The highest BCUT2D eigenvalue weighted by molar-refractivity contribution is 6.12. The molecule has 0 aliphatic heterocycles. The summed E-state index contributed by atoms with van der Waals surface area (Å²) in [5.41, 5.74) is 1.58. The van der Waals surface area contributed by atoms with E-state index in [2.05, 4.69) is 0 Å². The molecule has 3 atom stereocenters. The lowest BCUT2D eigenvalue weighted by Gasteiger charge is -2.33.